The average molecular weight is 545 g/mol. The first kappa shape index (κ1) is 28.7. The molecule has 0 saturated carbocycles. The molecule has 0 aromatic heterocycles. The number of rotatable bonds is 10. The molecule has 8 nitrogen and oxygen atoms in total. The summed E-state index contributed by atoms with van der Waals surface area (Å²) in [5, 5.41) is 13.4. The second-order valence-electron chi connectivity index (χ2n) is 10.5. The van der Waals surface area contributed by atoms with Crippen LogP contribution in [-0.2, 0) is 30.9 Å². The molecule has 1 aliphatic heterocycles. The van der Waals surface area contributed by atoms with Crippen LogP contribution in [0.5, 0.6) is 5.75 Å². The number of nitrogens with zero attached hydrogens (tertiary/aromatic N) is 2. The van der Waals surface area contributed by atoms with Crippen LogP contribution in [0.4, 0.5) is 5.69 Å². The van der Waals surface area contributed by atoms with Crippen LogP contribution in [0, 0.1) is 5.92 Å². The van der Waals surface area contributed by atoms with Gasteiger partial charge in [0.25, 0.3) is 0 Å². The predicted molar refractivity (Wildman–Crippen MR) is 153 cm³/mol. The van der Waals surface area contributed by atoms with Gasteiger partial charge < -0.3 is 24.3 Å². The molecule has 0 amide bonds. The second kappa shape index (κ2) is 12.7. The van der Waals surface area contributed by atoms with E-state index in [1.165, 1.54) is 19.8 Å². The molecular weight excluding hydrogens is 508 g/mol. The molecular formula is C32H36N2O6. The summed E-state index contributed by atoms with van der Waals surface area (Å²) in [6.45, 7) is 6.59. The number of ether oxygens (including phenoxy) is 3. The molecule has 1 heterocycles. The lowest BCUT2D eigenvalue weighted by molar-refractivity contribution is -0.158. The molecule has 1 N–H and O–H groups in total. The summed E-state index contributed by atoms with van der Waals surface area (Å²) in [6.07, 6.45) is 1.17. The van der Waals surface area contributed by atoms with E-state index in [4.69, 9.17) is 14.2 Å². The summed E-state index contributed by atoms with van der Waals surface area (Å²) in [4.78, 5) is 26.3. The summed E-state index contributed by atoms with van der Waals surface area (Å²) in [5.41, 5.74) is 5.43. The molecule has 0 aliphatic carbocycles. The number of methoxy groups -OCH3 is 2. The number of anilines is 1. The highest BCUT2D eigenvalue weighted by molar-refractivity contribution is 6.12. The van der Waals surface area contributed by atoms with Crippen molar-refractivity contribution in [1.82, 2.24) is 0 Å². The Labute approximate surface area is 235 Å². The maximum absolute atomic E-state index is 12.0. The summed E-state index contributed by atoms with van der Waals surface area (Å²) in [6, 6.07) is 23.3. The average Bonchev–Trinajstić information content (AvgIpc) is 2.98. The Bertz CT molecular complexity index is 1340. The van der Waals surface area contributed by atoms with Crippen molar-refractivity contribution >= 4 is 23.3 Å². The normalized spacial score (nSPS) is 14.4. The smallest absolute Gasteiger partial charge is 0.320 e. The predicted octanol–water partition coefficient (Wildman–Crippen LogP) is 4.98. The van der Waals surface area contributed by atoms with Crippen LogP contribution < -0.4 is 9.64 Å². The van der Waals surface area contributed by atoms with Crippen LogP contribution in [-0.4, -0.2) is 56.8 Å². The molecule has 3 aromatic carbocycles. The van der Waals surface area contributed by atoms with E-state index in [2.05, 4.69) is 36.0 Å². The maximum Gasteiger partial charge on any atom is 0.320 e. The highest BCUT2D eigenvalue weighted by Gasteiger charge is 2.32. The van der Waals surface area contributed by atoms with Gasteiger partial charge in [-0.25, -0.2) is 0 Å². The van der Waals surface area contributed by atoms with E-state index < -0.39 is 17.9 Å². The number of carbonyl (C=O) groups is 2. The first-order chi connectivity index (χ1) is 19.3. The van der Waals surface area contributed by atoms with E-state index in [0.29, 0.717) is 24.6 Å². The van der Waals surface area contributed by atoms with Gasteiger partial charge in [0.15, 0.2) is 5.92 Å². The molecule has 1 aliphatic rings. The number of carbonyl (C=O) groups excluding carboxylic acids is 2. The zero-order valence-electron chi connectivity index (χ0n) is 23.4. The molecule has 0 radical (unpaired) electrons. The van der Waals surface area contributed by atoms with E-state index in [1.54, 1.807) is 0 Å². The largest absolute Gasteiger partial charge is 0.492 e. The summed E-state index contributed by atoms with van der Waals surface area (Å²) >= 11 is 0. The third kappa shape index (κ3) is 6.45. The van der Waals surface area contributed by atoms with Crippen molar-refractivity contribution in [1.29, 1.82) is 0 Å². The molecule has 4 rings (SSSR count). The minimum absolute atomic E-state index is 0.0258. The van der Waals surface area contributed by atoms with Crippen LogP contribution >= 0.6 is 0 Å². The van der Waals surface area contributed by atoms with Gasteiger partial charge in [-0.05, 0) is 53.6 Å². The lowest BCUT2D eigenvalue weighted by Crippen LogP contribution is -2.39. The third-order valence-corrected chi connectivity index (χ3v) is 7.46. The van der Waals surface area contributed by atoms with Gasteiger partial charge in [-0.1, -0.05) is 67.5 Å². The first-order valence-corrected chi connectivity index (χ1v) is 13.3. The SMILES string of the molecule is COC(=O)C(Cc1ccc(OCCN2CCC(C)(C)c3cc(/C(=N\O)c4ccccc4)ccc32)cc1)C(=O)OC. The molecule has 0 unspecified atom stereocenters. The van der Waals surface area contributed by atoms with Crippen molar-refractivity contribution < 1.29 is 29.0 Å². The van der Waals surface area contributed by atoms with Crippen molar-refractivity contribution in [2.45, 2.75) is 32.1 Å². The van der Waals surface area contributed by atoms with Gasteiger partial charge in [0, 0.05) is 23.4 Å². The van der Waals surface area contributed by atoms with Gasteiger partial charge in [0.1, 0.15) is 18.1 Å². The fourth-order valence-corrected chi connectivity index (χ4v) is 5.06. The van der Waals surface area contributed by atoms with E-state index in [0.717, 1.165) is 35.3 Å². The van der Waals surface area contributed by atoms with Crippen LogP contribution in [0.2, 0.25) is 0 Å². The Hall–Kier alpha value is -4.33. The Morgan fingerprint density at radius 2 is 1.62 bits per heavy atom. The van der Waals surface area contributed by atoms with E-state index >= 15 is 0 Å². The fourth-order valence-electron chi connectivity index (χ4n) is 5.06. The third-order valence-electron chi connectivity index (χ3n) is 7.46. The monoisotopic (exact) mass is 544 g/mol. The van der Waals surface area contributed by atoms with Gasteiger partial charge in [-0.2, -0.15) is 0 Å². The lowest BCUT2D eigenvalue weighted by atomic mass is 9.76. The number of hydrogen-bond acceptors (Lipinski definition) is 8. The summed E-state index contributed by atoms with van der Waals surface area (Å²) < 4.78 is 15.5. The number of oxime groups is 1. The molecule has 8 heteroatoms. The second-order valence-corrected chi connectivity index (χ2v) is 10.5. The van der Waals surface area contributed by atoms with E-state index in [1.807, 2.05) is 60.7 Å². The molecule has 0 atom stereocenters. The van der Waals surface area contributed by atoms with Gasteiger partial charge in [-0.3, -0.25) is 9.59 Å². The minimum atomic E-state index is -1.00. The minimum Gasteiger partial charge on any atom is -0.492 e. The van der Waals surface area contributed by atoms with Crippen LogP contribution in [0.3, 0.4) is 0 Å². The van der Waals surface area contributed by atoms with Crippen LogP contribution in [0.1, 0.15) is 42.5 Å². The van der Waals surface area contributed by atoms with Crippen LogP contribution in [0.15, 0.2) is 78.0 Å². The summed E-state index contributed by atoms with van der Waals surface area (Å²) in [5.74, 6) is -1.54. The summed E-state index contributed by atoms with van der Waals surface area (Å²) in [7, 11) is 2.50. The Morgan fingerprint density at radius 1 is 0.950 bits per heavy atom. The topological polar surface area (TPSA) is 97.7 Å². The molecule has 210 valence electrons. The van der Waals surface area contributed by atoms with Gasteiger partial charge in [0.2, 0.25) is 0 Å². The highest BCUT2D eigenvalue weighted by atomic mass is 16.5. The molecule has 3 aromatic rings. The fraction of sp³-hybridized carbons (Fsp3) is 0.344. The van der Waals surface area contributed by atoms with Gasteiger partial charge >= 0.3 is 11.9 Å². The van der Waals surface area contributed by atoms with E-state index in [9.17, 15) is 14.8 Å². The van der Waals surface area contributed by atoms with Gasteiger partial charge in [0.05, 0.1) is 20.8 Å². The molecule has 0 fully saturated rings. The molecule has 0 bridgehead atoms. The van der Waals surface area contributed by atoms with Crippen molar-refractivity contribution in [3.8, 4) is 5.75 Å². The Balaban J connectivity index is 1.42. The Morgan fingerprint density at radius 3 is 2.25 bits per heavy atom. The molecule has 0 saturated heterocycles. The van der Waals surface area contributed by atoms with Crippen molar-refractivity contribution in [3.05, 3.63) is 95.1 Å². The molecule has 0 spiro atoms. The van der Waals surface area contributed by atoms with E-state index in [-0.39, 0.29) is 11.8 Å². The van der Waals surface area contributed by atoms with Crippen molar-refractivity contribution in [2.24, 2.45) is 11.1 Å². The molecule has 40 heavy (non-hydrogen) atoms. The van der Waals surface area contributed by atoms with Crippen molar-refractivity contribution in [2.75, 3.05) is 38.8 Å². The first-order valence-electron chi connectivity index (χ1n) is 13.3. The Kier molecular flexibility index (Phi) is 9.09. The maximum atomic E-state index is 12.0. The zero-order chi connectivity index (χ0) is 28.7. The number of hydrogen-bond donors (Lipinski definition) is 1. The van der Waals surface area contributed by atoms with Crippen molar-refractivity contribution in [3.63, 3.8) is 0 Å². The van der Waals surface area contributed by atoms with Gasteiger partial charge in [-0.15, -0.1) is 0 Å². The number of benzene rings is 3. The van der Waals surface area contributed by atoms with Crippen LogP contribution in [0.25, 0.3) is 0 Å². The number of fused-ring (bicyclic) bond motifs is 1. The quantitative estimate of drug-likeness (QED) is 0.126. The zero-order valence-corrected chi connectivity index (χ0v) is 23.4. The lowest BCUT2D eigenvalue weighted by Gasteiger charge is -2.40. The number of esters is 2. The standard InChI is InChI=1S/C32H36N2O6/c1-32(2)16-17-34(28-15-12-24(21-27(28)32)29(33-37)23-8-6-5-7-9-23)18-19-40-25-13-10-22(11-14-25)20-26(30(35)38-3)31(36)39-4/h5-15,21,26,37H,16-20H2,1-4H3/b33-29-. The highest BCUT2D eigenvalue weighted by Crippen LogP contribution is 2.40.